The van der Waals surface area contributed by atoms with Gasteiger partial charge in [0.25, 0.3) is 0 Å². The molecule has 0 aliphatic heterocycles. The lowest BCUT2D eigenvalue weighted by Crippen LogP contribution is -2.21. The van der Waals surface area contributed by atoms with Crippen LogP contribution in [0.15, 0.2) is 54.9 Å². The summed E-state index contributed by atoms with van der Waals surface area (Å²) in [6, 6.07) is 13.6. The van der Waals surface area contributed by atoms with Crippen LogP contribution in [-0.4, -0.2) is 41.7 Å². The van der Waals surface area contributed by atoms with Gasteiger partial charge in [-0.25, -0.2) is 9.50 Å². The average molecular weight is 429 g/mol. The summed E-state index contributed by atoms with van der Waals surface area (Å²) in [4.78, 5) is 17.9. The van der Waals surface area contributed by atoms with Crippen LogP contribution in [0.4, 0.5) is 0 Å². The fraction of sp³-hybridized carbons (Fsp3) is 0.240. The molecule has 0 spiro atoms. The Morgan fingerprint density at radius 2 is 1.69 bits per heavy atom. The summed E-state index contributed by atoms with van der Waals surface area (Å²) in [6.07, 6.45) is 4.67. The third kappa shape index (κ3) is 3.36. The maximum atomic E-state index is 13.0. The van der Waals surface area contributed by atoms with Crippen LogP contribution in [0.25, 0.3) is 16.8 Å². The van der Waals surface area contributed by atoms with E-state index in [2.05, 4.69) is 5.10 Å². The van der Waals surface area contributed by atoms with Crippen molar-refractivity contribution in [3.8, 4) is 28.4 Å². The van der Waals surface area contributed by atoms with E-state index in [0.717, 1.165) is 33.8 Å². The zero-order valence-corrected chi connectivity index (χ0v) is 18.2. The molecule has 1 atom stereocenters. The van der Waals surface area contributed by atoms with Crippen molar-refractivity contribution in [2.24, 2.45) is 0 Å². The van der Waals surface area contributed by atoms with Gasteiger partial charge in [-0.2, -0.15) is 5.10 Å². The lowest BCUT2D eigenvalue weighted by Gasteiger charge is -2.24. The Hall–Kier alpha value is -3.87. The Balaban J connectivity index is 1.53. The number of nitrogens with zero attached hydrogens (tertiary/aromatic N) is 3. The largest absolute Gasteiger partial charge is 0.497 e. The first-order chi connectivity index (χ1) is 15.6. The van der Waals surface area contributed by atoms with Gasteiger partial charge < -0.3 is 14.2 Å². The molecule has 0 bridgehead atoms. The van der Waals surface area contributed by atoms with Crippen LogP contribution in [-0.2, 0) is 6.42 Å². The van der Waals surface area contributed by atoms with Crippen molar-refractivity contribution < 1.29 is 19.0 Å². The number of carbonyl (C=O) groups is 1. The van der Waals surface area contributed by atoms with Gasteiger partial charge in [0.15, 0.2) is 22.9 Å². The average Bonchev–Trinajstić information content (AvgIpc) is 3.25. The van der Waals surface area contributed by atoms with Crippen molar-refractivity contribution in [3.05, 3.63) is 71.7 Å². The number of Topliss-reactive ketones (excluding diaryl/α,β-unsaturated/α-hetero) is 1. The lowest BCUT2D eigenvalue weighted by molar-refractivity contribution is 0.0962. The number of fused-ring (bicyclic) bond motifs is 2. The quantitative estimate of drug-likeness (QED) is 0.470. The molecular formula is C25H23N3O4. The van der Waals surface area contributed by atoms with Gasteiger partial charge in [0, 0.05) is 18.2 Å². The minimum absolute atomic E-state index is 0.0251. The van der Waals surface area contributed by atoms with E-state index in [-0.39, 0.29) is 11.7 Å². The van der Waals surface area contributed by atoms with Crippen molar-refractivity contribution in [1.82, 2.24) is 14.6 Å². The zero-order valence-electron chi connectivity index (χ0n) is 18.2. The number of aromatic nitrogens is 3. The topological polar surface area (TPSA) is 75.0 Å². The second-order valence-corrected chi connectivity index (χ2v) is 7.80. The highest BCUT2D eigenvalue weighted by Gasteiger charge is 2.29. The van der Waals surface area contributed by atoms with E-state index in [9.17, 15) is 4.79 Å². The maximum Gasteiger partial charge on any atom is 0.166 e. The number of benzene rings is 2. The van der Waals surface area contributed by atoms with Crippen LogP contribution in [0.3, 0.4) is 0 Å². The maximum absolute atomic E-state index is 13.0. The van der Waals surface area contributed by atoms with Gasteiger partial charge in [-0.05, 0) is 47.7 Å². The monoisotopic (exact) mass is 429 g/mol. The predicted octanol–water partition coefficient (Wildman–Crippen LogP) is 4.33. The number of hydrogen-bond donors (Lipinski definition) is 0. The summed E-state index contributed by atoms with van der Waals surface area (Å²) in [6.45, 7) is 0. The minimum atomic E-state index is 0.0251. The Labute approximate surface area is 185 Å². The van der Waals surface area contributed by atoms with E-state index >= 15 is 0 Å². The summed E-state index contributed by atoms with van der Waals surface area (Å²) in [7, 11) is 4.87. The van der Waals surface area contributed by atoms with Crippen molar-refractivity contribution in [3.63, 3.8) is 0 Å². The second-order valence-electron chi connectivity index (χ2n) is 7.80. The van der Waals surface area contributed by atoms with Crippen molar-refractivity contribution >= 4 is 11.4 Å². The predicted molar refractivity (Wildman–Crippen MR) is 120 cm³/mol. The highest BCUT2D eigenvalue weighted by molar-refractivity contribution is 5.99. The van der Waals surface area contributed by atoms with Crippen LogP contribution in [0.2, 0.25) is 0 Å². The highest BCUT2D eigenvalue weighted by atomic mass is 16.5. The molecule has 7 heteroatoms. The van der Waals surface area contributed by atoms with Gasteiger partial charge in [0.2, 0.25) is 0 Å². The summed E-state index contributed by atoms with van der Waals surface area (Å²) >= 11 is 0. The molecule has 4 aromatic rings. The fourth-order valence-corrected chi connectivity index (χ4v) is 4.29. The molecule has 0 saturated heterocycles. The highest BCUT2D eigenvalue weighted by Crippen LogP contribution is 2.37. The van der Waals surface area contributed by atoms with Crippen LogP contribution < -0.4 is 14.2 Å². The second kappa shape index (κ2) is 8.00. The minimum Gasteiger partial charge on any atom is -0.497 e. The van der Waals surface area contributed by atoms with Gasteiger partial charge in [0.05, 0.1) is 38.8 Å². The first-order valence-corrected chi connectivity index (χ1v) is 10.4. The van der Waals surface area contributed by atoms with E-state index in [0.29, 0.717) is 29.9 Å². The number of ether oxygens (including phenoxy) is 3. The third-order valence-electron chi connectivity index (χ3n) is 6.02. The Bertz CT molecular complexity index is 1310. The van der Waals surface area contributed by atoms with Gasteiger partial charge in [-0.3, -0.25) is 4.79 Å². The summed E-state index contributed by atoms with van der Waals surface area (Å²) in [5.74, 6) is 2.21. The molecule has 2 aromatic carbocycles. The number of hydrogen-bond acceptors (Lipinski definition) is 6. The molecule has 162 valence electrons. The molecule has 0 N–H and O–H groups in total. The molecule has 1 aliphatic carbocycles. The molecule has 2 heterocycles. The van der Waals surface area contributed by atoms with E-state index in [1.54, 1.807) is 38.2 Å². The molecule has 7 nitrogen and oxygen atoms in total. The molecule has 1 aliphatic rings. The zero-order chi connectivity index (χ0) is 22.2. The van der Waals surface area contributed by atoms with Gasteiger partial charge in [0.1, 0.15) is 5.75 Å². The van der Waals surface area contributed by atoms with Crippen LogP contribution in [0.1, 0.15) is 34.0 Å². The first kappa shape index (κ1) is 20.1. The number of ketones is 1. The summed E-state index contributed by atoms with van der Waals surface area (Å²) in [5, 5.41) is 4.44. The molecule has 0 fully saturated rings. The molecule has 32 heavy (non-hydrogen) atoms. The van der Waals surface area contributed by atoms with Crippen LogP contribution in [0.5, 0.6) is 17.2 Å². The van der Waals surface area contributed by atoms with Gasteiger partial charge >= 0.3 is 0 Å². The fourth-order valence-electron chi connectivity index (χ4n) is 4.29. The third-order valence-corrected chi connectivity index (χ3v) is 6.02. The Morgan fingerprint density at radius 1 is 0.906 bits per heavy atom. The van der Waals surface area contributed by atoms with E-state index in [4.69, 9.17) is 19.2 Å². The van der Waals surface area contributed by atoms with Crippen molar-refractivity contribution in [2.45, 2.75) is 18.8 Å². The molecule has 0 saturated carbocycles. The molecule has 5 rings (SSSR count). The molecule has 0 radical (unpaired) electrons. The van der Waals surface area contributed by atoms with E-state index in [1.165, 1.54) is 0 Å². The van der Waals surface area contributed by atoms with Crippen LogP contribution in [0, 0.1) is 0 Å². The lowest BCUT2D eigenvalue weighted by atomic mass is 9.82. The molecular weight excluding hydrogens is 406 g/mol. The SMILES string of the molecule is COc1ccc(-c2cnn3cc4c(nc23)CC(c2ccc(OC)c(OC)c2)CC4=O)cc1. The standard InChI is InChI=1S/C25H23N3O4/c1-30-18-7-4-15(5-8-18)19-13-26-28-14-20-21(27-25(19)28)10-17(11-22(20)29)16-6-9-23(31-2)24(12-16)32-3/h4-9,12-14,17H,10-11H2,1-3H3. The van der Waals surface area contributed by atoms with Crippen molar-refractivity contribution in [2.75, 3.05) is 21.3 Å². The summed E-state index contributed by atoms with van der Waals surface area (Å²) < 4.78 is 17.7. The first-order valence-electron chi connectivity index (χ1n) is 10.4. The van der Waals surface area contributed by atoms with Crippen LogP contribution >= 0.6 is 0 Å². The van der Waals surface area contributed by atoms with E-state index < -0.39 is 0 Å². The van der Waals surface area contributed by atoms with Crippen molar-refractivity contribution in [1.29, 1.82) is 0 Å². The van der Waals surface area contributed by atoms with Gasteiger partial charge in [-0.15, -0.1) is 0 Å². The molecule has 1 unspecified atom stereocenters. The summed E-state index contributed by atoms with van der Waals surface area (Å²) in [5.41, 5.74) is 5.10. The number of rotatable bonds is 5. The molecule has 2 aromatic heterocycles. The molecule has 0 amide bonds. The Kier molecular flexibility index (Phi) is 5.01. The number of methoxy groups -OCH3 is 3. The Morgan fingerprint density at radius 3 is 2.41 bits per heavy atom. The smallest absolute Gasteiger partial charge is 0.166 e. The normalized spacial score (nSPS) is 15.5. The van der Waals surface area contributed by atoms with Gasteiger partial charge in [-0.1, -0.05) is 18.2 Å². The van der Waals surface area contributed by atoms with E-state index in [1.807, 2.05) is 42.5 Å². The number of carbonyl (C=O) groups excluding carboxylic acids is 1.